The molecule has 0 aromatic heterocycles. The quantitative estimate of drug-likeness (QED) is 0.453. The van der Waals surface area contributed by atoms with E-state index in [0.29, 0.717) is 11.5 Å². The molecule has 2 saturated heterocycles. The fourth-order valence-corrected chi connectivity index (χ4v) is 5.70. The molecule has 0 saturated carbocycles. The molecular weight excluding hydrogens is 442 g/mol. The Kier molecular flexibility index (Phi) is 10.2. The van der Waals surface area contributed by atoms with Crippen LogP contribution >= 0.6 is 12.4 Å². The lowest BCUT2D eigenvalue weighted by molar-refractivity contribution is 0.0904. The number of allylic oxidation sites excluding steroid dienone is 2. The second-order valence-corrected chi connectivity index (χ2v) is 11.5. The second kappa shape index (κ2) is 12.6. The van der Waals surface area contributed by atoms with Crippen molar-refractivity contribution in [1.29, 1.82) is 0 Å². The number of hydrogen-bond donors (Lipinski definition) is 1. The fourth-order valence-electron chi connectivity index (χ4n) is 5.70. The minimum atomic E-state index is 0. The lowest BCUT2D eigenvalue weighted by Gasteiger charge is -2.38. The molecule has 1 unspecified atom stereocenters. The van der Waals surface area contributed by atoms with Gasteiger partial charge >= 0.3 is 0 Å². The zero-order valence-corrected chi connectivity index (χ0v) is 22.9. The molecule has 1 aromatic carbocycles. The van der Waals surface area contributed by atoms with Crippen molar-refractivity contribution >= 4 is 29.4 Å². The predicted molar refractivity (Wildman–Crippen MR) is 149 cm³/mol. The van der Waals surface area contributed by atoms with Crippen LogP contribution in [0.1, 0.15) is 78.2 Å². The summed E-state index contributed by atoms with van der Waals surface area (Å²) in [5.74, 6) is 0.787. The van der Waals surface area contributed by atoms with Gasteiger partial charge in [-0.25, -0.2) is 0 Å². The summed E-state index contributed by atoms with van der Waals surface area (Å²) in [6.45, 7) is 17.2. The summed E-state index contributed by atoms with van der Waals surface area (Å²) in [6.07, 6.45) is 11.1. The number of unbranched alkanes of at least 4 members (excludes halogenated alkanes) is 1. The maximum atomic E-state index is 5.57. The van der Waals surface area contributed by atoms with Gasteiger partial charge in [-0.3, -0.25) is 4.90 Å². The number of piperazine rings is 1. The first kappa shape index (κ1) is 27.4. The number of rotatable bonds is 7. The number of benzene rings is 1. The Bertz CT molecular complexity index is 789. The van der Waals surface area contributed by atoms with E-state index in [9.17, 15) is 0 Å². The largest absolute Gasteiger partial charge is 0.382 e. The molecule has 1 atom stereocenters. The van der Waals surface area contributed by atoms with E-state index < -0.39 is 0 Å². The van der Waals surface area contributed by atoms with Crippen molar-refractivity contribution in [3.8, 4) is 0 Å². The van der Waals surface area contributed by atoms with Crippen LogP contribution in [-0.2, 0) is 4.74 Å². The van der Waals surface area contributed by atoms with E-state index in [0.717, 1.165) is 45.1 Å². The number of nitrogens with one attached hydrogen (secondary N) is 1. The Morgan fingerprint density at radius 3 is 2.38 bits per heavy atom. The molecule has 0 amide bonds. The molecule has 1 N–H and O–H groups in total. The van der Waals surface area contributed by atoms with Gasteiger partial charge in [-0.05, 0) is 80.2 Å². The minimum Gasteiger partial charge on any atom is -0.382 e. The molecule has 4 rings (SSSR count). The van der Waals surface area contributed by atoms with E-state index in [1.165, 1.54) is 68.7 Å². The van der Waals surface area contributed by atoms with E-state index in [1.807, 2.05) is 0 Å². The minimum absolute atomic E-state index is 0. The molecule has 2 aliphatic heterocycles. The van der Waals surface area contributed by atoms with Crippen LogP contribution in [0.15, 0.2) is 24.3 Å². The zero-order chi connectivity index (χ0) is 23.3. The summed E-state index contributed by atoms with van der Waals surface area (Å²) in [5.41, 5.74) is 6.16. The third kappa shape index (κ3) is 7.15. The Hall–Kier alpha value is -1.23. The van der Waals surface area contributed by atoms with Crippen molar-refractivity contribution in [2.24, 2.45) is 11.3 Å². The smallest absolute Gasteiger partial charge is 0.0485 e. The van der Waals surface area contributed by atoms with E-state index in [-0.39, 0.29) is 12.4 Å². The van der Waals surface area contributed by atoms with Crippen LogP contribution in [0.25, 0.3) is 5.57 Å². The molecule has 192 valence electrons. The van der Waals surface area contributed by atoms with Gasteiger partial charge in [0.15, 0.2) is 0 Å². The van der Waals surface area contributed by atoms with Gasteiger partial charge in [0.1, 0.15) is 0 Å². The van der Waals surface area contributed by atoms with E-state index in [4.69, 9.17) is 4.74 Å². The molecule has 2 fully saturated rings. The monoisotopic (exact) mass is 489 g/mol. The second-order valence-electron chi connectivity index (χ2n) is 11.5. The van der Waals surface area contributed by atoms with Crippen LogP contribution in [0, 0.1) is 11.3 Å². The van der Waals surface area contributed by atoms with E-state index in [2.05, 4.69) is 67.1 Å². The normalized spacial score (nSPS) is 22.8. The maximum Gasteiger partial charge on any atom is 0.0485 e. The highest BCUT2D eigenvalue weighted by atomic mass is 35.5. The third-order valence-corrected chi connectivity index (χ3v) is 8.11. The van der Waals surface area contributed by atoms with Crippen LogP contribution in [0.5, 0.6) is 0 Å². The van der Waals surface area contributed by atoms with Gasteiger partial charge in [0.25, 0.3) is 0 Å². The number of halogens is 1. The molecule has 3 aliphatic rings. The van der Waals surface area contributed by atoms with Crippen LogP contribution in [0.2, 0.25) is 0 Å². The summed E-state index contributed by atoms with van der Waals surface area (Å²) in [7, 11) is 0. The molecule has 1 aliphatic carbocycles. The lowest BCUT2D eigenvalue weighted by Crippen LogP contribution is -2.46. The first-order valence-electron chi connectivity index (χ1n) is 13.6. The van der Waals surface area contributed by atoms with Crippen LogP contribution in [0.3, 0.4) is 0 Å². The first-order valence-corrected chi connectivity index (χ1v) is 13.6. The Labute approximate surface area is 214 Å². The topological polar surface area (TPSA) is 27.7 Å². The van der Waals surface area contributed by atoms with E-state index in [1.54, 1.807) is 5.57 Å². The van der Waals surface area contributed by atoms with Gasteiger partial charge in [-0.15, -0.1) is 12.4 Å². The first-order chi connectivity index (χ1) is 15.9. The van der Waals surface area contributed by atoms with Crippen LogP contribution in [0.4, 0.5) is 11.4 Å². The van der Waals surface area contributed by atoms with Crippen LogP contribution < -0.4 is 10.2 Å². The van der Waals surface area contributed by atoms with Gasteiger partial charge in [0.05, 0.1) is 0 Å². The molecule has 34 heavy (non-hydrogen) atoms. The molecule has 4 nitrogen and oxygen atoms in total. The van der Waals surface area contributed by atoms with Crippen molar-refractivity contribution < 1.29 is 4.74 Å². The summed E-state index contributed by atoms with van der Waals surface area (Å²) >= 11 is 0. The maximum absolute atomic E-state index is 5.57. The Morgan fingerprint density at radius 1 is 1.03 bits per heavy atom. The average Bonchev–Trinajstić information content (AvgIpc) is 2.83. The summed E-state index contributed by atoms with van der Waals surface area (Å²) in [4.78, 5) is 5.29. The predicted octanol–water partition coefficient (Wildman–Crippen LogP) is 6.85. The number of hydrogen-bond acceptors (Lipinski definition) is 4. The van der Waals surface area contributed by atoms with Gasteiger partial charge in [0, 0.05) is 62.4 Å². The summed E-state index contributed by atoms with van der Waals surface area (Å²) < 4.78 is 5.57. The molecule has 0 radical (unpaired) electrons. The lowest BCUT2D eigenvalue weighted by atomic mass is 9.72. The molecule has 5 heteroatoms. The fraction of sp³-hybridized carbons (Fsp3) is 0.724. The van der Waals surface area contributed by atoms with Crippen molar-refractivity contribution in [1.82, 2.24) is 4.90 Å². The highest BCUT2D eigenvalue weighted by Crippen LogP contribution is 2.42. The molecule has 0 bridgehead atoms. The van der Waals surface area contributed by atoms with Gasteiger partial charge in [0.2, 0.25) is 0 Å². The number of anilines is 2. The van der Waals surface area contributed by atoms with Crippen molar-refractivity contribution in [3.63, 3.8) is 0 Å². The van der Waals surface area contributed by atoms with Gasteiger partial charge < -0.3 is 15.0 Å². The SMILES string of the molecule is CCCCN1CCN(c2ccc(NC3CCOCC3)cc2C2=CCC(C(C)(C)C)CC2)CC1.Cl. The number of nitrogens with zero attached hydrogens (tertiary/aromatic N) is 2. The summed E-state index contributed by atoms with van der Waals surface area (Å²) in [6, 6.07) is 7.71. The van der Waals surface area contributed by atoms with Gasteiger partial charge in [-0.1, -0.05) is 40.2 Å². The van der Waals surface area contributed by atoms with Crippen molar-refractivity contribution in [2.45, 2.75) is 78.7 Å². The third-order valence-electron chi connectivity index (χ3n) is 8.11. The molecule has 0 spiro atoms. The number of ether oxygens (including phenoxy) is 1. The highest BCUT2D eigenvalue weighted by molar-refractivity contribution is 5.85. The van der Waals surface area contributed by atoms with Gasteiger partial charge in [-0.2, -0.15) is 0 Å². The zero-order valence-electron chi connectivity index (χ0n) is 22.1. The molecule has 1 aromatic rings. The highest BCUT2D eigenvalue weighted by Gasteiger charge is 2.28. The summed E-state index contributed by atoms with van der Waals surface area (Å²) in [5, 5.41) is 3.82. The van der Waals surface area contributed by atoms with Crippen molar-refractivity contribution in [2.75, 3.05) is 56.2 Å². The average molecular weight is 490 g/mol. The Morgan fingerprint density at radius 2 is 1.76 bits per heavy atom. The Balaban J connectivity index is 0.00000324. The van der Waals surface area contributed by atoms with Crippen molar-refractivity contribution in [3.05, 3.63) is 29.8 Å². The molecular formula is C29H48ClN3O. The van der Waals surface area contributed by atoms with Crippen LogP contribution in [-0.4, -0.2) is 56.9 Å². The molecule has 2 heterocycles. The van der Waals surface area contributed by atoms with E-state index >= 15 is 0 Å². The standard InChI is InChI=1S/C29H47N3O.ClH/c1-5-6-15-31-16-18-32(19-17-31)28-12-11-26(30-25-13-20-33-21-14-25)22-27(28)23-7-9-24(10-8-23)29(2,3)4;/h7,11-12,22,24-25,30H,5-6,8-10,13-21H2,1-4H3;1H.